The van der Waals surface area contributed by atoms with Crippen molar-refractivity contribution < 1.29 is 19.1 Å². The fraction of sp³-hybridized carbons (Fsp3) is 0.118. The molecular formula is C17H14O4. The molecule has 4 heteroatoms. The van der Waals surface area contributed by atoms with Crippen LogP contribution in [-0.4, -0.2) is 18.2 Å². The van der Waals surface area contributed by atoms with Gasteiger partial charge in [0, 0.05) is 5.39 Å². The highest BCUT2D eigenvalue weighted by Crippen LogP contribution is 2.35. The Hall–Kier alpha value is -2.75. The molecule has 3 rings (SSSR count). The zero-order valence-electron chi connectivity index (χ0n) is 11.7. The molecule has 0 radical (unpaired) electrons. The molecule has 0 saturated carbocycles. The maximum absolute atomic E-state index is 11.4. The second kappa shape index (κ2) is 4.98. The Kier molecular flexibility index (Phi) is 3.14. The van der Waals surface area contributed by atoms with Crippen molar-refractivity contribution in [3.63, 3.8) is 0 Å². The number of carbonyl (C=O) groups is 1. The molecule has 0 spiro atoms. The van der Waals surface area contributed by atoms with Gasteiger partial charge in [-0.25, -0.2) is 4.79 Å². The number of methoxy groups -OCH3 is 1. The SMILES string of the molecule is COc1ccccc1-c1cc2c(C(=O)O)cc(C)cc2o1. The van der Waals surface area contributed by atoms with Crippen LogP contribution in [0.15, 0.2) is 46.9 Å². The minimum Gasteiger partial charge on any atom is -0.496 e. The first kappa shape index (κ1) is 13.2. The van der Waals surface area contributed by atoms with E-state index in [0.29, 0.717) is 22.5 Å². The molecule has 4 nitrogen and oxygen atoms in total. The predicted molar refractivity (Wildman–Crippen MR) is 79.9 cm³/mol. The van der Waals surface area contributed by atoms with Gasteiger partial charge in [0.15, 0.2) is 0 Å². The summed E-state index contributed by atoms with van der Waals surface area (Å²) in [5.74, 6) is 0.316. The van der Waals surface area contributed by atoms with Gasteiger partial charge in [-0.1, -0.05) is 12.1 Å². The van der Waals surface area contributed by atoms with Crippen LogP contribution in [0.4, 0.5) is 0 Å². The number of hydrogen-bond donors (Lipinski definition) is 1. The molecule has 106 valence electrons. The Bertz CT molecular complexity index is 830. The maximum atomic E-state index is 11.4. The van der Waals surface area contributed by atoms with E-state index in [9.17, 15) is 9.90 Å². The molecule has 0 amide bonds. The Morgan fingerprint density at radius 2 is 1.95 bits per heavy atom. The second-order valence-electron chi connectivity index (χ2n) is 4.84. The second-order valence-corrected chi connectivity index (χ2v) is 4.84. The van der Waals surface area contributed by atoms with Crippen molar-refractivity contribution in [2.75, 3.05) is 7.11 Å². The topological polar surface area (TPSA) is 59.7 Å². The predicted octanol–water partition coefficient (Wildman–Crippen LogP) is 4.12. The fourth-order valence-corrected chi connectivity index (χ4v) is 2.43. The highest BCUT2D eigenvalue weighted by Gasteiger charge is 2.16. The highest BCUT2D eigenvalue weighted by molar-refractivity contribution is 6.03. The first-order valence-electron chi connectivity index (χ1n) is 6.51. The van der Waals surface area contributed by atoms with Crippen LogP contribution < -0.4 is 4.74 Å². The molecule has 1 aromatic heterocycles. The minimum absolute atomic E-state index is 0.245. The van der Waals surface area contributed by atoms with E-state index in [2.05, 4.69) is 0 Å². The monoisotopic (exact) mass is 282 g/mol. The molecule has 3 aromatic rings. The van der Waals surface area contributed by atoms with E-state index >= 15 is 0 Å². The van der Waals surface area contributed by atoms with Gasteiger partial charge in [0.2, 0.25) is 0 Å². The van der Waals surface area contributed by atoms with Crippen LogP contribution >= 0.6 is 0 Å². The third-order valence-corrected chi connectivity index (χ3v) is 3.38. The first-order chi connectivity index (χ1) is 10.1. The van der Waals surface area contributed by atoms with Crippen LogP contribution in [0.2, 0.25) is 0 Å². The van der Waals surface area contributed by atoms with Gasteiger partial charge in [-0.05, 0) is 42.8 Å². The van der Waals surface area contributed by atoms with Crippen LogP contribution in [-0.2, 0) is 0 Å². The summed E-state index contributed by atoms with van der Waals surface area (Å²) in [6.45, 7) is 1.84. The molecule has 0 aliphatic rings. The lowest BCUT2D eigenvalue weighted by atomic mass is 10.1. The number of carboxylic acid groups (broad SMARTS) is 1. The van der Waals surface area contributed by atoms with E-state index in [1.165, 1.54) is 0 Å². The molecule has 0 atom stereocenters. The van der Waals surface area contributed by atoms with Crippen LogP contribution in [0.5, 0.6) is 5.75 Å². The van der Waals surface area contributed by atoms with Gasteiger partial charge in [0.05, 0.1) is 18.2 Å². The smallest absolute Gasteiger partial charge is 0.336 e. The fourth-order valence-electron chi connectivity index (χ4n) is 2.43. The highest BCUT2D eigenvalue weighted by atomic mass is 16.5. The average Bonchev–Trinajstić information content (AvgIpc) is 2.89. The van der Waals surface area contributed by atoms with Crippen LogP contribution in [0.1, 0.15) is 15.9 Å². The van der Waals surface area contributed by atoms with E-state index in [4.69, 9.17) is 9.15 Å². The Morgan fingerprint density at radius 1 is 1.19 bits per heavy atom. The number of benzene rings is 2. The summed E-state index contributed by atoms with van der Waals surface area (Å²) in [5, 5.41) is 9.91. The zero-order chi connectivity index (χ0) is 15.0. The summed E-state index contributed by atoms with van der Waals surface area (Å²) >= 11 is 0. The molecular weight excluding hydrogens is 268 g/mol. The van der Waals surface area contributed by atoms with E-state index in [1.807, 2.05) is 37.3 Å². The first-order valence-corrected chi connectivity index (χ1v) is 6.51. The summed E-state index contributed by atoms with van der Waals surface area (Å²) in [5.41, 5.74) is 2.45. The molecule has 21 heavy (non-hydrogen) atoms. The quantitative estimate of drug-likeness (QED) is 0.785. The molecule has 0 unspecified atom stereocenters. The number of aryl methyl sites for hydroxylation is 1. The molecule has 0 saturated heterocycles. The van der Waals surface area contributed by atoms with Crippen molar-refractivity contribution in [3.05, 3.63) is 53.6 Å². The lowest BCUT2D eigenvalue weighted by Crippen LogP contribution is -1.96. The number of rotatable bonds is 3. The summed E-state index contributed by atoms with van der Waals surface area (Å²) in [6, 6.07) is 12.7. The van der Waals surface area contributed by atoms with Crippen LogP contribution in [0.3, 0.4) is 0 Å². The molecule has 1 N–H and O–H groups in total. The number of aromatic carboxylic acids is 1. The Labute approximate surface area is 121 Å². The number of hydrogen-bond acceptors (Lipinski definition) is 3. The molecule has 0 bridgehead atoms. The van der Waals surface area contributed by atoms with Crippen molar-refractivity contribution >= 4 is 16.9 Å². The van der Waals surface area contributed by atoms with Crippen LogP contribution in [0.25, 0.3) is 22.3 Å². The molecule has 0 aliphatic carbocycles. The van der Waals surface area contributed by atoms with E-state index < -0.39 is 5.97 Å². The van der Waals surface area contributed by atoms with Crippen molar-refractivity contribution in [1.82, 2.24) is 0 Å². The largest absolute Gasteiger partial charge is 0.496 e. The maximum Gasteiger partial charge on any atom is 0.336 e. The van der Waals surface area contributed by atoms with Crippen molar-refractivity contribution in [1.29, 1.82) is 0 Å². The zero-order valence-corrected chi connectivity index (χ0v) is 11.7. The van der Waals surface area contributed by atoms with Gasteiger partial charge in [0.25, 0.3) is 0 Å². The summed E-state index contributed by atoms with van der Waals surface area (Å²) in [7, 11) is 1.59. The number of fused-ring (bicyclic) bond motifs is 1. The standard InChI is InChI=1S/C17H14O4/c1-10-7-13(17(18)19)12-9-16(21-15(12)8-10)11-5-3-4-6-14(11)20-2/h3-9H,1-2H3,(H,18,19). The van der Waals surface area contributed by atoms with Crippen molar-refractivity contribution in [3.8, 4) is 17.1 Å². The third-order valence-electron chi connectivity index (χ3n) is 3.38. The normalized spacial score (nSPS) is 10.8. The van der Waals surface area contributed by atoms with Gasteiger partial charge in [-0.15, -0.1) is 0 Å². The minimum atomic E-state index is -0.962. The Morgan fingerprint density at radius 3 is 2.67 bits per heavy atom. The molecule has 0 fully saturated rings. The number of para-hydroxylation sites is 1. The van der Waals surface area contributed by atoms with Crippen LogP contribution in [0, 0.1) is 6.92 Å². The van der Waals surface area contributed by atoms with Gasteiger partial charge in [-0.2, -0.15) is 0 Å². The summed E-state index contributed by atoms with van der Waals surface area (Å²) < 4.78 is 11.1. The van der Waals surface area contributed by atoms with Crippen molar-refractivity contribution in [2.45, 2.75) is 6.92 Å². The van der Waals surface area contributed by atoms with E-state index in [1.54, 1.807) is 19.2 Å². The van der Waals surface area contributed by atoms with Gasteiger partial charge >= 0.3 is 5.97 Å². The number of carboxylic acids is 1. The van der Waals surface area contributed by atoms with Gasteiger partial charge < -0.3 is 14.3 Å². The Balaban J connectivity index is 2.26. The lowest BCUT2D eigenvalue weighted by molar-refractivity contribution is 0.0699. The van der Waals surface area contributed by atoms with Gasteiger partial charge in [-0.3, -0.25) is 0 Å². The van der Waals surface area contributed by atoms with E-state index in [-0.39, 0.29) is 5.56 Å². The van der Waals surface area contributed by atoms with Gasteiger partial charge in [0.1, 0.15) is 17.1 Å². The molecule has 2 aromatic carbocycles. The summed E-state index contributed by atoms with van der Waals surface area (Å²) in [4.78, 5) is 11.4. The molecule has 0 aliphatic heterocycles. The number of furan rings is 1. The summed E-state index contributed by atoms with van der Waals surface area (Å²) in [6.07, 6.45) is 0. The molecule has 1 heterocycles. The van der Waals surface area contributed by atoms with E-state index in [0.717, 1.165) is 11.1 Å². The van der Waals surface area contributed by atoms with Crippen molar-refractivity contribution in [2.24, 2.45) is 0 Å². The third kappa shape index (κ3) is 2.25. The number of ether oxygens (including phenoxy) is 1. The lowest BCUT2D eigenvalue weighted by Gasteiger charge is -2.04. The average molecular weight is 282 g/mol.